The number of amides is 1. The van der Waals surface area contributed by atoms with E-state index < -0.39 is 0 Å². The van der Waals surface area contributed by atoms with Gasteiger partial charge in [-0.2, -0.15) is 0 Å². The molecule has 1 unspecified atom stereocenters. The molecule has 0 aliphatic rings. The van der Waals surface area contributed by atoms with Crippen LogP contribution in [0.3, 0.4) is 0 Å². The fourth-order valence-corrected chi connectivity index (χ4v) is 1.64. The Morgan fingerprint density at radius 2 is 2.24 bits per heavy atom. The van der Waals surface area contributed by atoms with Crippen molar-refractivity contribution in [3.63, 3.8) is 0 Å². The normalized spacial score (nSPS) is 12.0. The van der Waals surface area contributed by atoms with E-state index in [4.69, 9.17) is 4.74 Å². The SMILES string of the molecule is CNC(C)CNC(=O)c1ccc(Br)cc1OC. The Morgan fingerprint density at radius 1 is 1.53 bits per heavy atom. The number of likely N-dealkylation sites (N-methyl/N-ethyl adjacent to an activating group) is 1. The first kappa shape index (κ1) is 14.0. The second kappa shape index (κ2) is 6.61. The van der Waals surface area contributed by atoms with Gasteiger partial charge in [0.25, 0.3) is 5.91 Å². The monoisotopic (exact) mass is 300 g/mol. The van der Waals surface area contributed by atoms with Crippen molar-refractivity contribution in [1.29, 1.82) is 0 Å². The van der Waals surface area contributed by atoms with Gasteiger partial charge in [-0.1, -0.05) is 15.9 Å². The zero-order valence-corrected chi connectivity index (χ0v) is 11.8. The van der Waals surface area contributed by atoms with Crippen LogP contribution in [0.25, 0.3) is 0 Å². The zero-order valence-electron chi connectivity index (χ0n) is 10.2. The van der Waals surface area contributed by atoms with Crippen LogP contribution in [0.5, 0.6) is 5.75 Å². The number of nitrogens with one attached hydrogen (secondary N) is 2. The molecule has 0 saturated carbocycles. The second-order valence-electron chi connectivity index (χ2n) is 3.74. The molecule has 1 atom stereocenters. The zero-order chi connectivity index (χ0) is 12.8. The molecule has 1 amide bonds. The summed E-state index contributed by atoms with van der Waals surface area (Å²) in [4.78, 5) is 11.9. The number of carbonyl (C=O) groups excluding carboxylic acids is 1. The van der Waals surface area contributed by atoms with E-state index in [-0.39, 0.29) is 11.9 Å². The number of hydrogen-bond donors (Lipinski definition) is 2. The van der Waals surface area contributed by atoms with Gasteiger partial charge in [-0.15, -0.1) is 0 Å². The lowest BCUT2D eigenvalue weighted by molar-refractivity contribution is 0.0947. The highest BCUT2D eigenvalue weighted by Gasteiger charge is 2.12. The number of ether oxygens (including phenoxy) is 1. The van der Waals surface area contributed by atoms with Crippen LogP contribution in [0.2, 0.25) is 0 Å². The van der Waals surface area contributed by atoms with Gasteiger partial charge >= 0.3 is 0 Å². The van der Waals surface area contributed by atoms with Gasteiger partial charge in [0.1, 0.15) is 5.75 Å². The molecule has 2 N–H and O–H groups in total. The number of carbonyl (C=O) groups is 1. The molecule has 5 heteroatoms. The Hall–Kier alpha value is -1.07. The Bertz CT molecular complexity index is 396. The van der Waals surface area contributed by atoms with Gasteiger partial charge < -0.3 is 15.4 Å². The number of benzene rings is 1. The van der Waals surface area contributed by atoms with Crippen LogP contribution in [-0.2, 0) is 0 Å². The summed E-state index contributed by atoms with van der Waals surface area (Å²) < 4.78 is 6.06. The number of hydrogen-bond acceptors (Lipinski definition) is 3. The molecule has 0 spiro atoms. The fourth-order valence-electron chi connectivity index (χ4n) is 1.30. The maximum atomic E-state index is 11.9. The molecule has 1 aromatic carbocycles. The van der Waals surface area contributed by atoms with Crippen LogP contribution in [0.1, 0.15) is 17.3 Å². The minimum atomic E-state index is -0.128. The van der Waals surface area contributed by atoms with E-state index in [0.29, 0.717) is 17.9 Å². The standard InChI is InChI=1S/C12H17BrN2O2/c1-8(14-2)7-15-12(16)10-5-4-9(13)6-11(10)17-3/h4-6,8,14H,7H2,1-3H3,(H,15,16). The molecule has 0 aromatic heterocycles. The highest BCUT2D eigenvalue weighted by Crippen LogP contribution is 2.23. The van der Waals surface area contributed by atoms with Crippen molar-refractivity contribution in [1.82, 2.24) is 10.6 Å². The lowest BCUT2D eigenvalue weighted by Crippen LogP contribution is -2.37. The molecule has 0 heterocycles. The molecule has 0 bridgehead atoms. The molecule has 1 aromatic rings. The molecule has 94 valence electrons. The summed E-state index contributed by atoms with van der Waals surface area (Å²) in [6, 6.07) is 5.57. The van der Waals surface area contributed by atoms with Gasteiger partial charge in [0.05, 0.1) is 12.7 Å². The van der Waals surface area contributed by atoms with Crippen molar-refractivity contribution in [2.75, 3.05) is 20.7 Å². The van der Waals surface area contributed by atoms with Crippen molar-refractivity contribution in [2.45, 2.75) is 13.0 Å². The lowest BCUT2D eigenvalue weighted by Gasteiger charge is -2.13. The van der Waals surface area contributed by atoms with E-state index >= 15 is 0 Å². The molecule has 0 aliphatic carbocycles. The Morgan fingerprint density at radius 3 is 2.82 bits per heavy atom. The summed E-state index contributed by atoms with van der Waals surface area (Å²) in [6.45, 7) is 2.58. The van der Waals surface area contributed by atoms with E-state index in [2.05, 4.69) is 26.6 Å². The van der Waals surface area contributed by atoms with E-state index in [9.17, 15) is 4.79 Å². The van der Waals surface area contributed by atoms with Crippen molar-refractivity contribution in [3.05, 3.63) is 28.2 Å². The Kier molecular flexibility index (Phi) is 5.44. The average molecular weight is 301 g/mol. The van der Waals surface area contributed by atoms with Crippen LogP contribution in [0, 0.1) is 0 Å². The van der Waals surface area contributed by atoms with Crippen molar-refractivity contribution < 1.29 is 9.53 Å². The van der Waals surface area contributed by atoms with Gasteiger partial charge in [0.2, 0.25) is 0 Å². The topological polar surface area (TPSA) is 50.4 Å². The van der Waals surface area contributed by atoms with Gasteiger partial charge in [0.15, 0.2) is 0 Å². The first-order valence-corrected chi connectivity index (χ1v) is 6.16. The van der Waals surface area contributed by atoms with Crippen molar-refractivity contribution >= 4 is 21.8 Å². The smallest absolute Gasteiger partial charge is 0.255 e. The molecule has 0 saturated heterocycles. The van der Waals surface area contributed by atoms with Crippen molar-refractivity contribution in [3.8, 4) is 5.75 Å². The molecule has 17 heavy (non-hydrogen) atoms. The van der Waals surface area contributed by atoms with Crippen LogP contribution >= 0.6 is 15.9 Å². The molecule has 4 nitrogen and oxygen atoms in total. The largest absolute Gasteiger partial charge is 0.496 e. The number of rotatable bonds is 5. The van der Waals surface area contributed by atoms with Crippen LogP contribution in [-0.4, -0.2) is 32.7 Å². The minimum absolute atomic E-state index is 0.128. The summed E-state index contributed by atoms with van der Waals surface area (Å²) in [5, 5.41) is 5.90. The van der Waals surface area contributed by atoms with Crippen LogP contribution < -0.4 is 15.4 Å². The maximum absolute atomic E-state index is 11.9. The first-order chi connectivity index (χ1) is 8.08. The molecule has 1 rings (SSSR count). The second-order valence-corrected chi connectivity index (χ2v) is 4.66. The minimum Gasteiger partial charge on any atom is -0.496 e. The van der Waals surface area contributed by atoms with Gasteiger partial charge in [-0.05, 0) is 32.2 Å². The predicted molar refractivity (Wildman–Crippen MR) is 71.5 cm³/mol. The molecule has 0 aliphatic heterocycles. The number of halogens is 1. The van der Waals surface area contributed by atoms with Gasteiger partial charge in [-0.3, -0.25) is 4.79 Å². The lowest BCUT2D eigenvalue weighted by atomic mass is 10.2. The third kappa shape index (κ3) is 4.02. The molecular formula is C12H17BrN2O2. The summed E-state index contributed by atoms with van der Waals surface area (Å²) in [7, 11) is 3.41. The van der Waals surface area contributed by atoms with Crippen LogP contribution in [0.4, 0.5) is 0 Å². The summed E-state index contributed by atoms with van der Waals surface area (Å²) in [6.07, 6.45) is 0. The quantitative estimate of drug-likeness (QED) is 0.872. The third-order valence-corrected chi connectivity index (χ3v) is 2.96. The molecule has 0 radical (unpaired) electrons. The van der Waals surface area contributed by atoms with E-state index in [1.807, 2.05) is 20.0 Å². The van der Waals surface area contributed by atoms with Gasteiger partial charge in [0, 0.05) is 17.1 Å². The van der Waals surface area contributed by atoms with Crippen molar-refractivity contribution in [2.24, 2.45) is 0 Å². The van der Waals surface area contributed by atoms with E-state index in [1.165, 1.54) is 0 Å². The summed E-state index contributed by atoms with van der Waals surface area (Å²) in [5.41, 5.74) is 0.541. The average Bonchev–Trinajstić information content (AvgIpc) is 2.35. The first-order valence-electron chi connectivity index (χ1n) is 5.37. The number of methoxy groups -OCH3 is 1. The summed E-state index contributed by atoms with van der Waals surface area (Å²) >= 11 is 3.34. The van der Waals surface area contributed by atoms with E-state index in [1.54, 1.807) is 19.2 Å². The molecule has 0 fully saturated rings. The fraction of sp³-hybridized carbons (Fsp3) is 0.417. The van der Waals surface area contributed by atoms with Gasteiger partial charge in [-0.25, -0.2) is 0 Å². The highest BCUT2D eigenvalue weighted by atomic mass is 79.9. The highest BCUT2D eigenvalue weighted by molar-refractivity contribution is 9.10. The maximum Gasteiger partial charge on any atom is 0.255 e. The predicted octanol–water partition coefficient (Wildman–Crippen LogP) is 1.80. The Balaban J connectivity index is 2.75. The summed E-state index contributed by atoms with van der Waals surface area (Å²) in [5.74, 6) is 0.436. The van der Waals surface area contributed by atoms with Crippen LogP contribution in [0.15, 0.2) is 22.7 Å². The Labute approximate surface area is 110 Å². The third-order valence-electron chi connectivity index (χ3n) is 2.47. The van der Waals surface area contributed by atoms with E-state index in [0.717, 1.165) is 4.47 Å². The molecular weight excluding hydrogens is 284 g/mol.